The van der Waals surface area contributed by atoms with Crippen molar-refractivity contribution in [3.8, 4) is 5.75 Å². The Morgan fingerprint density at radius 2 is 2.04 bits per heavy atom. The molecule has 0 radical (unpaired) electrons. The average Bonchev–Trinajstić information content (AvgIpc) is 2.52. The molecule has 2 saturated carbocycles. The van der Waals surface area contributed by atoms with Crippen LogP contribution < -0.4 is 15.8 Å². The number of carbonyl (C=O) groups is 1. The van der Waals surface area contributed by atoms with E-state index in [0.29, 0.717) is 29.4 Å². The van der Waals surface area contributed by atoms with E-state index in [2.05, 4.69) is 5.32 Å². The van der Waals surface area contributed by atoms with Crippen molar-refractivity contribution >= 4 is 29.9 Å². The molecule has 3 rings (SSSR count). The third kappa shape index (κ3) is 5.25. The maximum atomic E-state index is 12.5. The number of halogens is 2. The molecule has 2 aliphatic carbocycles. The normalized spacial score (nSPS) is 29.2. The maximum Gasteiger partial charge on any atom is 0.223 e. The molecule has 3 atom stereocenters. The summed E-state index contributed by atoms with van der Waals surface area (Å²) in [5.41, 5.74) is 6.30. The van der Waals surface area contributed by atoms with E-state index in [9.17, 15) is 4.79 Å². The summed E-state index contributed by atoms with van der Waals surface area (Å²) < 4.78 is 5.81. The largest absolute Gasteiger partial charge is 0.489 e. The molecule has 3 unspecified atom stereocenters. The predicted octanol–water partition coefficient (Wildman–Crippen LogP) is 3.80. The van der Waals surface area contributed by atoms with Crippen LogP contribution in [0.3, 0.4) is 0 Å². The predicted molar refractivity (Wildman–Crippen MR) is 103 cm³/mol. The minimum absolute atomic E-state index is 0. The van der Waals surface area contributed by atoms with Gasteiger partial charge in [0.15, 0.2) is 0 Å². The third-order valence-corrected chi connectivity index (χ3v) is 5.72. The molecule has 6 heteroatoms. The van der Waals surface area contributed by atoms with Crippen LogP contribution in [0, 0.1) is 17.8 Å². The van der Waals surface area contributed by atoms with Gasteiger partial charge in [0.25, 0.3) is 0 Å². The fraction of sp³-hybridized carbons (Fsp3) is 0.632. The highest BCUT2D eigenvalue weighted by Crippen LogP contribution is 2.41. The summed E-state index contributed by atoms with van der Waals surface area (Å²) in [6.45, 7) is 2.45. The van der Waals surface area contributed by atoms with E-state index in [4.69, 9.17) is 22.1 Å². The molecule has 3 N–H and O–H groups in total. The molecular weight excluding hydrogens is 359 g/mol. The van der Waals surface area contributed by atoms with E-state index in [0.717, 1.165) is 18.6 Å². The van der Waals surface area contributed by atoms with Gasteiger partial charge in [-0.15, -0.1) is 12.4 Å². The second-order valence-electron chi connectivity index (χ2n) is 7.33. The van der Waals surface area contributed by atoms with Crippen molar-refractivity contribution in [3.05, 3.63) is 29.3 Å². The standard InChI is InChI=1S/C19H27ClN2O2.ClH/c1-12(24-17-7-3-6-16(20)10-17)11-22-19(23)15-8-13-4-2-5-14(9-15)18(13)21;/h3,6-7,10,12-15,18H,2,4-5,8-9,11,21H2,1H3,(H,22,23);1H. The van der Waals surface area contributed by atoms with Crippen LogP contribution in [0.15, 0.2) is 24.3 Å². The smallest absolute Gasteiger partial charge is 0.223 e. The molecule has 140 valence electrons. The molecule has 2 aliphatic rings. The lowest BCUT2D eigenvalue weighted by Crippen LogP contribution is -2.49. The molecule has 1 aromatic carbocycles. The maximum absolute atomic E-state index is 12.5. The molecule has 2 fully saturated rings. The summed E-state index contributed by atoms with van der Waals surface area (Å²) in [7, 11) is 0. The van der Waals surface area contributed by atoms with Crippen LogP contribution in [-0.4, -0.2) is 24.6 Å². The van der Waals surface area contributed by atoms with Gasteiger partial charge in [0.2, 0.25) is 5.91 Å². The molecular formula is C19H28Cl2N2O2. The van der Waals surface area contributed by atoms with Crippen LogP contribution in [0.4, 0.5) is 0 Å². The Bertz CT molecular complexity index is 570. The van der Waals surface area contributed by atoms with E-state index in [1.807, 2.05) is 25.1 Å². The number of carbonyl (C=O) groups excluding carboxylic acids is 1. The van der Waals surface area contributed by atoms with Gasteiger partial charge in [0, 0.05) is 17.0 Å². The van der Waals surface area contributed by atoms with Crippen LogP contribution in [0.2, 0.25) is 5.02 Å². The van der Waals surface area contributed by atoms with Crippen LogP contribution in [0.25, 0.3) is 0 Å². The van der Waals surface area contributed by atoms with E-state index < -0.39 is 0 Å². The van der Waals surface area contributed by atoms with Crippen LogP contribution in [0.5, 0.6) is 5.75 Å². The number of rotatable bonds is 5. The first-order valence-electron chi connectivity index (χ1n) is 8.98. The first-order chi connectivity index (χ1) is 11.5. The minimum atomic E-state index is -0.0993. The zero-order chi connectivity index (χ0) is 17.1. The Morgan fingerprint density at radius 3 is 2.68 bits per heavy atom. The van der Waals surface area contributed by atoms with Gasteiger partial charge in [0.05, 0.1) is 6.54 Å². The fourth-order valence-corrected chi connectivity index (χ4v) is 4.39. The highest BCUT2D eigenvalue weighted by Gasteiger charge is 2.40. The van der Waals surface area contributed by atoms with Crippen molar-refractivity contribution in [2.45, 2.75) is 51.2 Å². The van der Waals surface area contributed by atoms with Gasteiger partial charge in [-0.05, 0) is 62.6 Å². The summed E-state index contributed by atoms with van der Waals surface area (Å²) >= 11 is 5.96. The molecule has 1 amide bonds. The lowest BCUT2D eigenvalue weighted by Gasteiger charge is -2.43. The number of nitrogens with one attached hydrogen (secondary N) is 1. The van der Waals surface area contributed by atoms with Gasteiger partial charge in [-0.2, -0.15) is 0 Å². The summed E-state index contributed by atoms with van der Waals surface area (Å²) in [6.07, 6.45) is 5.39. The number of amides is 1. The number of hydrogen-bond acceptors (Lipinski definition) is 3. The van der Waals surface area contributed by atoms with Gasteiger partial charge in [-0.25, -0.2) is 0 Å². The van der Waals surface area contributed by atoms with E-state index in [1.165, 1.54) is 19.3 Å². The molecule has 0 saturated heterocycles. The van der Waals surface area contributed by atoms with Crippen LogP contribution in [-0.2, 0) is 4.79 Å². The first kappa shape index (κ1) is 20.3. The number of ether oxygens (including phenoxy) is 1. The fourth-order valence-electron chi connectivity index (χ4n) is 4.21. The van der Waals surface area contributed by atoms with Crippen molar-refractivity contribution in [1.82, 2.24) is 5.32 Å². The van der Waals surface area contributed by atoms with Gasteiger partial charge >= 0.3 is 0 Å². The molecule has 0 spiro atoms. The lowest BCUT2D eigenvalue weighted by molar-refractivity contribution is -0.128. The quantitative estimate of drug-likeness (QED) is 0.808. The minimum Gasteiger partial charge on any atom is -0.489 e. The molecule has 25 heavy (non-hydrogen) atoms. The molecule has 2 bridgehead atoms. The van der Waals surface area contributed by atoms with Gasteiger partial charge < -0.3 is 15.8 Å². The van der Waals surface area contributed by atoms with Crippen molar-refractivity contribution < 1.29 is 9.53 Å². The Kier molecular flexibility index (Phi) is 7.41. The average molecular weight is 387 g/mol. The molecule has 0 aromatic heterocycles. The molecule has 1 aromatic rings. The third-order valence-electron chi connectivity index (χ3n) is 5.48. The number of hydrogen-bond donors (Lipinski definition) is 2. The van der Waals surface area contributed by atoms with Crippen LogP contribution in [0.1, 0.15) is 39.0 Å². The SMILES string of the molecule is CC(CNC(=O)C1CC2CCCC(C1)C2N)Oc1cccc(Cl)c1.Cl. The van der Waals surface area contributed by atoms with E-state index >= 15 is 0 Å². The summed E-state index contributed by atoms with van der Waals surface area (Å²) in [5.74, 6) is 2.03. The van der Waals surface area contributed by atoms with Crippen molar-refractivity contribution in [1.29, 1.82) is 0 Å². The lowest BCUT2D eigenvalue weighted by atomic mass is 9.65. The number of fused-ring (bicyclic) bond motifs is 2. The highest BCUT2D eigenvalue weighted by molar-refractivity contribution is 6.30. The van der Waals surface area contributed by atoms with Gasteiger partial charge in [-0.1, -0.05) is 24.1 Å². The second-order valence-corrected chi connectivity index (χ2v) is 7.76. The topological polar surface area (TPSA) is 64.4 Å². The molecule has 0 heterocycles. The second kappa shape index (κ2) is 9.11. The summed E-state index contributed by atoms with van der Waals surface area (Å²) in [5, 5.41) is 3.70. The zero-order valence-corrected chi connectivity index (χ0v) is 16.2. The number of benzene rings is 1. The van der Waals surface area contributed by atoms with Crippen molar-refractivity contribution in [2.75, 3.05) is 6.54 Å². The molecule has 4 nitrogen and oxygen atoms in total. The Labute approximate surface area is 161 Å². The highest BCUT2D eigenvalue weighted by atomic mass is 35.5. The Balaban J connectivity index is 0.00000225. The van der Waals surface area contributed by atoms with Crippen molar-refractivity contribution in [3.63, 3.8) is 0 Å². The zero-order valence-electron chi connectivity index (χ0n) is 14.6. The summed E-state index contributed by atoms with van der Waals surface area (Å²) in [4.78, 5) is 12.5. The summed E-state index contributed by atoms with van der Waals surface area (Å²) in [6, 6.07) is 7.61. The first-order valence-corrected chi connectivity index (χ1v) is 9.36. The molecule has 0 aliphatic heterocycles. The number of nitrogens with two attached hydrogens (primary N) is 1. The van der Waals surface area contributed by atoms with Gasteiger partial charge in [0.1, 0.15) is 11.9 Å². The van der Waals surface area contributed by atoms with Crippen molar-refractivity contribution in [2.24, 2.45) is 23.5 Å². The van der Waals surface area contributed by atoms with Crippen LogP contribution >= 0.6 is 24.0 Å². The Morgan fingerprint density at radius 1 is 1.36 bits per heavy atom. The van der Waals surface area contributed by atoms with Gasteiger partial charge in [-0.3, -0.25) is 4.79 Å². The Hall–Kier alpha value is -0.970. The van der Waals surface area contributed by atoms with E-state index in [1.54, 1.807) is 6.07 Å². The van der Waals surface area contributed by atoms with E-state index in [-0.39, 0.29) is 30.3 Å². The monoisotopic (exact) mass is 386 g/mol.